The lowest BCUT2D eigenvalue weighted by Crippen LogP contribution is -1.96. The van der Waals surface area contributed by atoms with Crippen molar-refractivity contribution in [2.24, 2.45) is 0 Å². The average molecular weight is 290 g/mol. The first kappa shape index (κ1) is 14.0. The van der Waals surface area contributed by atoms with Crippen LogP contribution >= 0.6 is 11.8 Å². The van der Waals surface area contributed by atoms with Crippen molar-refractivity contribution in [1.29, 1.82) is 0 Å². The van der Waals surface area contributed by atoms with Crippen molar-refractivity contribution in [1.82, 2.24) is 4.98 Å². The number of non-ortho nitro benzene ring substituents is 1. The Morgan fingerprint density at radius 2 is 2.00 bits per heavy atom. The summed E-state index contributed by atoms with van der Waals surface area (Å²) in [4.78, 5) is 25.0. The second-order valence-electron chi connectivity index (χ2n) is 3.90. The molecule has 2 aromatic rings. The van der Waals surface area contributed by atoms with Crippen molar-refractivity contribution in [2.75, 3.05) is 0 Å². The van der Waals surface area contributed by atoms with E-state index >= 15 is 0 Å². The van der Waals surface area contributed by atoms with Crippen LogP contribution in [0.4, 0.5) is 5.69 Å². The average Bonchev–Trinajstić information content (AvgIpc) is 2.46. The number of aromatic nitrogens is 1. The molecule has 20 heavy (non-hydrogen) atoms. The lowest BCUT2D eigenvalue weighted by atomic mass is 10.2. The van der Waals surface area contributed by atoms with Crippen LogP contribution in [0.5, 0.6) is 0 Å². The fourth-order valence-electron chi connectivity index (χ4n) is 1.49. The van der Waals surface area contributed by atoms with Crippen LogP contribution in [0.3, 0.4) is 0 Å². The number of carboxylic acids is 1. The maximum absolute atomic E-state index is 10.8. The van der Waals surface area contributed by atoms with Crippen molar-refractivity contribution in [2.45, 2.75) is 10.8 Å². The molecule has 1 aromatic heterocycles. The van der Waals surface area contributed by atoms with Crippen molar-refractivity contribution >= 4 is 23.4 Å². The quantitative estimate of drug-likeness (QED) is 0.517. The molecule has 0 unspecified atom stereocenters. The highest BCUT2D eigenvalue weighted by atomic mass is 32.2. The van der Waals surface area contributed by atoms with E-state index in [4.69, 9.17) is 5.11 Å². The Morgan fingerprint density at radius 1 is 1.30 bits per heavy atom. The number of nitro benzene ring substituents is 1. The standard InChI is InChI=1S/C13H10N2O4S/c16-13(17)10-5-6-14-12(7-10)20-8-9-1-3-11(4-2-9)15(18)19/h1-7H,8H2,(H,16,17). The van der Waals surface area contributed by atoms with E-state index in [9.17, 15) is 14.9 Å². The Kier molecular flexibility index (Phi) is 4.31. The van der Waals surface area contributed by atoms with E-state index in [0.29, 0.717) is 10.8 Å². The Bertz CT molecular complexity index is 643. The first-order valence-corrected chi connectivity index (χ1v) is 6.60. The highest BCUT2D eigenvalue weighted by molar-refractivity contribution is 7.98. The number of carboxylic acid groups (broad SMARTS) is 1. The van der Waals surface area contributed by atoms with Gasteiger partial charge in [0.05, 0.1) is 15.5 Å². The second kappa shape index (κ2) is 6.16. The molecule has 0 aliphatic rings. The third-order valence-electron chi connectivity index (χ3n) is 2.52. The summed E-state index contributed by atoms with van der Waals surface area (Å²) in [7, 11) is 0. The predicted molar refractivity (Wildman–Crippen MR) is 73.9 cm³/mol. The van der Waals surface area contributed by atoms with Gasteiger partial charge in [-0.25, -0.2) is 9.78 Å². The fraction of sp³-hybridized carbons (Fsp3) is 0.0769. The summed E-state index contributed by atoms with van der Waals surface area (Å²) in [5.74, 6) is -0.432. The molecule has 2 rings (SSSR count). The topological polar surface area (TPSA) is 93.3 Å². The van der Waals surface area contributed by atoms with Gasteiger partial charge in [0.25, 0.3) is 5.69 Å². The normalized spacial score (nSPS) is 10.2. The van der Waals surface area contributed by atoms with Crippen molar-refractivity contribution in [3.8, 4) is 0 Å². The molecule has 0 aliphatic carbocycles. The fourth-order valence-corrected chi connectivity index (χ4v) is 2.35. The molecule has 0 aliphatic heterocycles. The maximum atomic E-state index is 10.8. The van der Waals surface area contributed by atoms with Gasteiger partial charge < -0.3 is 5.11 Å². The van der Waals surface area contributed by atoms with Crippen molar-refractivity contribution < 1.29 is 14.8 Å². The van der Waals surface area contributed by atoms with E-state index in [0.717, 1.165) is 5.56 Å². The molecule has 0 saturated carbocycles. The van der Waals surface area contributed by atoms with Gasteiger partial charge in [-0.2, -0.15) is 0 Å². The molecule has 0 atom stereocenters. The molecule has 0 amide bonds. The highest BCUT2D eigenvalue weighted by Gasteiger charge is 2.06. The number of pyridine rings is 1. The maximum Gasteiger partial charge on any atom is 0.335 e. The molecule has 0 spiro atoms. The summed E-state index contributed by atoms with van der Waals surface area (Å²) < 4.78 is 0. The van der Waals surface area contributed by atoms with E-state index in [1.807, 2.05) is 0 Å². The van der Waals surface area contributed by atoms with Crippen LogP contribution in [-0.2, 0) is 5.75 Å². The van der Waals surface area contributed by atoms with Crippen LogP contribution in [-0.4, -0.2) is 21.0 Å². The molecule has 1 aromatic carbocycles. The summed E-state index contributed by atoms with van der Waals surface area (Å²) in [6.45, 7) is 0. The van der Waals surface area contributed by atoms with Gasteiger partial charge in [-0.1, -0.05) is 12.1 Å². The van der Waals surface area contributed by atoms with Gasteiger partial charge in [-0.3, -0.25) is 10.1 Å². The second-order valence-corrected chi connectivity index (χ2v) is 4.90. The molecule has 0 fully saturated rings. The van der Waals surface area contributed by atoms with E-state index in [-0.39, 0.29) is 11.3 Å². The Hall–Kier alpha value is -2.41. The van der Waals surface area contributed by atoms with Crippen LogP contribution in [0.2, 0.25) is 0 Å². The Morgan fingerprint density at radius 3 is 2.60 bits per heavy atom. The van der Waals surface area contributed by atoms with Crippen molar-refractivity contribution in [3.63, 3.8) is 0 Å². The molecule has 1 heterocycles. The van der Waals surface area contributed by atoms with Crippen LogP contribution in [0.15, 0.2) is 47.6 Å². The number of nitro groups is 1. The van der Waals surface area contributed by atoms with Crippen LogP contribution < -0.4 is 0 Å². The smallest absolute Gasteiger partial charge is 0.335 e. The summed E-state index contributed by atoms with van der Waals surface area (Å²) >= 11 is 1.38. The number of rotatable bonds is 5. The molecule has 6 nitrogen and oxygen atoms in total. The zero-order chi connectivity index (χ0) is 14.5. The number of hydrogen-bond acceptors (Lipinski definition) is 5. The number of thioether (sulfide) groups is 1. The van der Waals surface area contributed by atoms with E-state index in [1.165, 1.54) is 42.2 Å². The van der Waals surface area contributed by atoms with Gasteiger partial charge in [0.2, 0.25) is 0 Å². The number of aromatic carboxylic acids is 1. The van der Waals surface area contributed by atoms with Gasteiger partial charge in [-0.15, -0.1) is 11.8 Å². The number of nitrogens with zero attached hydrogens (tertiary/aromatic N) is 2. The molecule has 0 bridgehead atoms. The van der Waals surface area contributed by atoms with Gasteiger partial charge in [0, 0.05) is 24.1 Å². The molecule has 0 radical (unpaired) electrons. The van der Waals surface area contributed by atoms with Crippen LogP contribution in [0, 0.1) is 10.1 Å². The zero-order valence-electron chi connectivity index (χ0n) is 10.2. The third kappa shape index (κ3) is 3.55. The molecular weight excluding hydrogens is 280 g/mol. The van der Waals surface area contributed by atoms with Gasteiger partial charge >= 0.3 is 5.97 Å². The molecular formula is C13H10N2O4S. The first-order chi connectivity index (χ1) is 9.56. The number of benzene rings is 1. The summed E-state index contributed by atoms with van der Waals surface area (Å²) in [5.41, 5.74) is 1.14. The molecule has 1 N–H and O–H groups in total. The SMILES string of the molecule is O=C(O)c1ccnc(SCc2ccc([N+](=O)[O-])cc2)c1. The molecule has 0 saturated heterocycles. The van der Waals surface area contributed by atoms with Crippen molar-refractivity contribution in [3.05, 3.63) is 63.8 Å². The zero-order valence-corrected chi connectivity index (χ0v) is 11.0. The molecule has 102 valence electrons. The lowest BCUT2D eigenvalue weighted by Gasteiger charge is -2.02. The monoisotopic (exact) mass is 290 g/mol. The van der Waals surface area contributed by atoms with Crippen LogP contribution in [0.1, 0.15) is 15.9 Å². The van der Waals surface area contributed by atoms with Crippen LogP contribution in [0.25, 0.3) is 0 Å². The number of carbonyl (C=O) groups is 1. The number of hydrogen-bond donors (Lipinski definition) is 1. The van der Waals surface area contributed by atoms with Gasteiger partial charge in [0.15, 0.2) is 0 Å². The highest BCUT2D eigenvalue weighted by Crippen LogP contribution is 2.22. The van der Waals surface area contributed by atoms with E-state index in [1.54, 1.807) is 12.1 Å². The minimum absolute atomic E-state index is 0.0461. The minimum atomic E-state index is -0.996. The third-order valence-corrected chi connectivity index (χ3v) is 3.51. The van der Waals surface area contributed by atoms with Gasteiger partial charge in [-0.05, 0) is 17.7 Å². The summed E-state index contributed by atoms with van der Waals surface area (Å²) in [5, 5.41) is 20.0. The largest absolute Gasteiger partial charge is 0.478 e. The first-order valence-electron chi connectivity index (χ1n) is 5.62. The Balaban J connectivity index is 2.03. The van der Waals surface area contributed by atoms with E-state index in [2.05, 4.69) is 4.98 Å². The minimum Gasteiger partial charge on any atom is -0.478 e. The summed E-state index contributed by atoms with van der Waals surface area (Å²) in [6.07, 6.45) is 1.45. The van der Waals surface area contributed by atoms with E-state index < -0.39 is 10.9 Å². The summed E-state index contributed by atoms with van der Waals surface area (Å²) in [6, 6.07) is 9.16. The lowest BCUT2D eigenvalue weighted by molar-refractivity contribution is -0.384. The van der Waals surface area contributed by atoms with Gasteiger partial charge in [0.1, 0.15) is 0 Å². The Labute approximate surface area is 118 Å². The molecule has 7 heteroatoms. The predicted octanol–water partition coefficient (Wildman–Crippen LogP) is 2.98.